The zero-order valence-corrected chi connectivity index (χ0v) is 34.5. The molecule has 0 saturated carbocycles. The van der Waals surface area contributed by atoms with Crippen molar-refractivity contribution in [3.63, 3.8) is 0 Å². The van der Waals surface area contributed by atoms with Crippen LogP contribution in [0.5, 0.6) is 0 Å². The second kappa shape index (κ2) is 13.9. The maximum atomic E-state index is 2.44. The highest BCUT2D eigenvalue weighted by Crippen LogP contribution is 2.56. The molecule has 0 bridgehead atoms. The summed E-state index contributed by atoms with van der Waals surface area (Å²) < 4.78 is 4.87. The first kappa shape index (κ1) is 35.5. The molecule has 1 aliphatic rings. The summed E-state index contributed by atoms with van der Waals surface area (Å²) in [6, 6.07) is 89.5. The summed E-state index contributed by atoms with van der Waals surface area (Å²) in [5, 5.41) is 4.98. The van der Waals surface area contributed by atoms with E-state index >= 15 is 0 Å². The van der Waals surface area contributed by atoms with E-state index in [1.807, 2.05) is 0 Å². The normalized spacial score (nSPS) is 12.9. The van der Waals surface area contributed by atoms with Crippen molar-refractivity contribution in [1.29, 1.82) is 0 Å². The van der Waals surface area contributed by atoms with Crippen molar-refractivity contribution in [2.75, 3.05) is 0 Å². The smallest absolute Gasteiger partial charge is 0.0713 e. The first-order valence-electron chi connectivity index (χ1n) is 21.8. The van der Waals surface area contributed by atoms with Gasteiger partial charge in [-0.1, -0.05) is 188 Å². The van der Waals surface area contributed by atoms with E-state index in [1.165, 1.54) is 99.2 Å². The Labute approximate surface area is 366 Å². The van der Waals surface area contributed by atoms with E-state index in [4.69, 9.17) is 0 Å². The molecule has 13 rings (SSSR count). The van der Waals surface area contributed by atoms with Crippen LogP contribution in [0.1, 0.15) is 22.3 Å². The van der Waals surface area contributed by atoms with E-state index in [0.717, 1.165) is 11.4 Å². The van der Waals surface area contributed by atoms with Gasteiger partial charge in [-0.05, 0) is 110 Å². The molecule has 10 aromatic carbocycles. The molecule has 0 saturated heterocycles. The highest BCUT2D eigenvalue weighted by Gasteiger charge is 2.45. The van der Waals surface area contributed by atoms with Crippen molar-refractivity contribution in [3.8, 4) is 44.8 Å². The molecule has 294 valence electrons. The fourth-order valence-electron chi connectivity index (χ4n) is 10.9. The summed E-state index contributed by atoms with van der Waals surface area (Å²) in [5.41, 5.74) is 19.3. The standard InChI is InChI=1S/C61H40N2/c1-3-16-41(17-4-1)42-18-15-21-48(38-42)63-57-28-13-9-24-51(57)53-36-30-44(40-60(53)63)43-31-37-59-54(39-43)52-25-10-14-29-58(52)62(59)47-34-32-46(33-35-47)61(45-19-5-2-6-20-45)55-26-11-7-22-49(55)50-23-8-12-27-56(50)61/h1-40H. The van der Waals surface area contributed by atoms with Crippen LogP contribution in [-0.2, 0) is 5.41 Å². The summed E-state index contributed by atoms with van der Waals surface area (Å²) in [4.78, 5) is 0. The van der Waals surface area contributed by atoms with E-state index in [-0.39, 0.29) is 0 Å². The molecule has 2 nitrogen and oxygen atoms in total. The van der Waals surface area contributed by atoms with Gasteiger partial charge in [0.05, 0.1) is 27.5 Å². The van der Waals surface area contributed by atoms with Crippen LogP contribution in [0.2, 0.25) is 0 Å². The molecule has 12 aromatic rings. The van der Waals surface area contributed by atoms with Crippen molar-refractivity contribution in [2.45, 2.75) is 5.41 Å². The van der Waals surface area contributed by atoms with Crippen LogP contribution in [0.4, 0.5) is 0 Å². The number of fused-ring (bicyclic) bond motifs is 9. The van der Waals surface area contributed by atoms with Gasteiger partial charge in [0.25, 0.3) is 0 Å². The van der Waals surface area contributed by atoms with Gasteiger partial charge >= 0.3 is 0 Å². The fourth-order valence-corrected chi connectivity index (χ4v) is 10.9. The van der Waals surface area contributed by atoms with Gasteiger partial charge in [-0.3, -0.25) is 0 Å². The largest absolute Gasteiger partial charge is 0.309 e. The zero-order valence-electron chi connectivity index (χ0n) is 34.5. The number of benzene rings is 10. The Bertz CT molecular complexity index is 3670. The highest BCUT2D eigenvalue weighted by molar-refractivity contribution is 6.12. The van der Waals surface area contributed by atoms with Crippen molar-refractivity contribution >= 4 is 43.6 Å². The molecule has 0 amide bonds. The van der Waals surface area contributed by atoms with Gasteiger partial charge in [0.1, 0.15) is 0 Å². The molecule has 2 aromatic heterocycles. The maximum Gasteiger partial charge on any atom is 0.0713 e. The summed E-state index contributed by atoms with van der Waals surface area (Å²) in [6.45, 7) is 0. The predicted molar refractivity (Wildman–Crippen MR) is 263 cm³/mol. The minimum absolute atomic E-state index is 0.430. The van der Waals surface area contributed by atoms with Crippen LogP contribution in [-0.4, -0.2) is 9.13 Å². The topological polar surface area (TPSA) is 9.86 Å². The van der Waals surface area contributed by atoms with E-state index in [2.05, 4.69) is 252 Å². The lowest BCUT2D eigenvalue weighted by atomic mass is 9.68. The third-order valence-electron chi connectivity index (χ3n) is 13.6. The van der Waals surface area contributed by atoms with Gasteiger partial charge in [-0.25, -0.2) is 0 Å². The quantitative estimate of drug-likeness (QED) is 0.159. The van der Waals surface area contributed by atoms with Crippen LogP contribution < -0.4 is 0 Å². The van der Waals surface area contributed by atoms with Gasteiger partial charge in [0, 0.05) is 32.9 Å². The minimum atomic E-state index is -0.430. The Morgan fingerprint density at radius 2 is 0.746 bits per heavy atom. The van der Waals surface area contributed by atoms with Crippen LogP contribution >= 0.6 is 0 Å². The third kappa shape index (κ3) is 5.25. The molecule has 0 unspecified atom stereocenters. The summed E-state index contributed by atoms with van der Waals surface area (Å²) in [7, 11) is 0. The molecular formula is C61H40N2. The molecule has 1 aliphatic carbocycles. The minimum Gasteiger partial charge on any atom is -0.309 e. The van der Waals surface area contributed by atoms with Crippen molar-refractivity contribution in [1.82, 2.24) is 9.13 Å². The predicted octanol–water partition coefficient (Wildman–Crippen LogP) is 15.6. The lowest BCUT2D eigenvalue weighted by Crippen LogP contribution is -2.28. The van der Waals surface area contributed by atoms with Crippen LogP contribution in [0, 0.1) is 0 Å². The number of hydrogen-bond acceptors (Lipinski definition) is 0. The molecule has 0 atom stereocenters. The molecule has 2 heterocycles. The summed E-state index contributed by atoms with van der Waals surface area (Å²) in [5.74, 6) is 0. The van der Waals surface area contributed by atoms with Crippen molar-refractivity contribution in [2.24, 2.45) is 0 Å². The Hall–Kier alpha value is -8.20. The molecule has 63 heavy (non-hydrogen) atoms. The maximum absolute atomic E-state index is 2.44. The van der Waals surface area contributed by atoms with Crippen LogP contribution in [0.25, 0.3) is 88.4 Å². The Balaban J connectivity index is 0.950. The van der Waals surface area contributed by atoms with E-state index in [1.54, 1.807) is 0 Å². The van der Waals surface area contributed by atoms with Gasteiger partial charge in [-0.2, -0.15) is 0 Å². The highest BCUT2D eigenvalue weighted by atomic mass is 15.0. The molecule has 0 aliphatic heterocycles. The molecule has 0 N–H and O–H groups in total. The summed E-state index contributed by atoms with van der Waals surface area (Å²) in [6.07, 6.45) is 0. The number of hydrogen-bond donors (Lipinski definition) is 0. The molecule has 0 radical (unpaired) electrons. The second-order valence-electron chi connectivity index (χ2n) is 16.8. The first-order chi connectivity index (χ1) is 31.3. The molecular weight excluding hydrogens is 761 g/mol. The number of aromatic nitrogens is 2. The monoisotopic (exact) mass is 800 g/mol. The third-order valence-corrected chi connectivity index (χ3v) is 13.6. The Morgan fingerprint density at radius 1 is 0.254 bits per heavy atom. The number of nitrogens with zero attached hydrogens (tertiary/aromatic N) is 2. The van der Waals surface area contributed by atoms with Crippen LogP contribution in [0.15, 0.2) is 243 Å². The SMILES string of the molecule is c1ccc(-c2cccc(-n3c4ccccc4c4ccc(-c5ccc6c(c5)c5ccccc5n6-c5ccc(C6(c7ccccc7)c7ccccc7-c7ccccc76)cc5)cc43)c2)cc1. The average Bonchev–Trinajstić information content (AvgIpc) is 3.98. The van der Waals surface area contributed by atoms with E-state index < -0.39 is 5.41 Å². The average molecular weight is 801 g/mol. The first-order valence-corrected chi connectivity index (χ1v) is 21.8. The van der Waals surface area contributed by atoms with Gasteiger partial charge in [0.15, 0.2) is 0 Å². The van der Waals surface area contributed by atoms with Gasteiger partial charge < -0.3 is 9.13 Å². The zero-order chi connectivity index (χ0) is 41.5. The lowest BCUT2D eigenvalue weighted by molar-refractivity contribution is 0.768. The Kier molecular flexibility index (Phi) is 7.85. The molecule has 2 heteroatoms. The second-order valence-corrected chi connectivity index (χ2v) is 16.8. The van der Waals surface area contributed by atoms with Gasteiger partial charge in [0.2, 0.25) is 0 Å². The van der Waals surface area contributed by atoms with Gasteiger partial charge in [-0.15, -0.1) is 0 Å². The molecule has 0 fully saturated rings. The number of rotatable bonds is 6. The van der Waals surface area contributed by atoms with Crippen molar-refractivity contribution < 1.29 is 0 Å². The number of para-hydroxylation sites is 2. The Morgan fingerprint density at radius 3 is 1.46 bits per heavy atom. The fraction of sp³-hybridized carbons (Fsp3) is 0.0164. The lowest BCUT2D eigenvalue weighted by Gasteiger charge is -2.34. The summed E-state index contributed by atoms with van der Waals surface area (Å²) >= 11 is 0. The van der Waals surface area contributed by atoms with Crippen molar-refractivity contribution in [3.05, 3.63) is 265 Å². The van der Waals surface area contributed by atoms with E-state index in [0.29, 0.717) is 0 Å². The molecule has 0 spiro atoms. The van der Waals surface area contributed by atoms with Crippen LogP contribution in [0.3, 0.4) is 0 Å². The van der Waals surface area contributed by atoms with E-state index in [9.17, 15) is 0 Å².